The van der Waals surface area contributed by atoms with E-state index in [2.05, 4.69) is 6.08 Å². The zero-order valence-electron chi connectivity index (χ0n) is 7.16. The normalized spacial score (nSPS) is 35.2. The zero-order chi connectivity index (χ0) is 8.39. The van der Waals surface area contributed by atoms with Crippen LogP contribution in [0.1, 0.15) is 25.7 Å². The van der Waals surface area contributed by atoms with Crippen molar-refractivity contribution in [2.75, 3.05) is 6.61 Å². The summed E-state index contributed by atoms with van der Waals surface area (Å²) in [6.07, 6.45) is 7.72. The lowest BCUT2D eigenvalue weighted by Gasteiger charge is -2.33. The molecule has 2 rings (SSSR count). The number of ether oxygens (including phenoxy) is 1. The van der Waals surface area contributed by atoms with E-state index in [9.17, 15) is 4.79 Å². The Morgan fingerprint density at radius 3 is 3.33 bits per heavy atom. The summed E-state index contributed by atoms with van der Waals surface area (Å²) in [4.78, 5) is 10.7. The number of allylic oxidation sites excluding steroid dienone is 1. The van der Waals surface area contributed by atoms with Crippen LogP contribution in [0.15, 0.2) is 11.6 Å². The summed E-state index contributed by atoms with van der Waals surface area (Å²) in [6, 6.07) is 0. The predicted molar refractivity (Wildman–Crippen MR) is 45.8 cm³/mol. The lowest BCUT2D eigenvalue weighted by molar-refractivity contribution is -0.116. The van der Waals surface area contributed by atoms with Gasteiger partial charge in [0.15, 0.2) is 0 Å². The molecule has 1 saturated heterocycles. The van der Waals surface area contributed by atoms with Crippen molar-refractivity contribution >= 4 is 6.29 Å². The average molecular weight is 166 g/mol. The van der Waals surface area contributed by atoms with Gasteiger partial charge >= 0.3 is 0 Å². The van der Waals surface area contributed by atoms with E-state index in [4.69, 9.17) is 4.74 Å². The van der Waals surface area contributed by atoms with Gasteiger partial charge < -0.3 is 9.53 Å². The van der Waals surface area contributed by atoms with E-state index in [1.165, 1.54) is 5.57 Å². The van der Waals surface area contributed by atoms with Crippen LogP contribution in [0.25, 0.3) is 0 Å². The van der Waals surface area contributed by atoms with Crippen molar-refractivity contribution in [2.45, 2.75) is 31.8 Å². The molecule has 0 N–H and O–H groups in total. The minimum atomic E-state index is 0.130. The third-order valence-electron chi connectivity index (χ3n) is 2.74. The van der Waals surface area contributed by atoms with Crippen LogP contribution in [0.2, 0.25) is 0 Å². The fourth-order valence-corrected chi connectivity index (χ4v) is 2.10. The van der Waals surface area contributed by atoms with Gasteiger partial charge in [0.05, 0.1) is 6.10 Å². The summed E-state index contributed by atoms with van der Waals surface area (Å²) in [5.74, 6) is 0.130. The van der Waals surface area contributed by atoms with E-state index in [0.717, 1.165) is 38.6 Å². The van der Waals surface area contributed by atoms with Crippen molar-refractivity contribution in [3.63, 3.8) is 0 Å². The largest absolute Gasteiger partial charge is 0.373 e. The van der Waals surface area contributed by atoms with Crippen LogP contribution in [0, 0.1) is 5.92 Å². The van der Waals surface area contributed by atoms with Crippen molar-refractivity contribution < 1.29 is 9.53 Å². The molecule has 2 atom stereocenters. The predicted octanol–water partition coefficient (Wildman–Crippen LogP) is 1.70. The zero-order valence-corrected chi connectivity index (χ0v) is 7.16. The molecule has 66 valence electrons. The highest BCUT2D eigenvalue weighted by molar-refractivity contribution is 5.56. The molecule has 0 unspecified atom stereocenters. The summed E-state index contributed by atoms with van der Waals surface area (Å²) in [7, 11) is 0. The summed E-state index contributed by atoms with van der Waals surface area (Å²) in [5, 5.41) is 0. The monoisotopic (exact) mass is 166 g/mol. The van der Waals surface area contributed by atoms with Gasteiger partial charge in [0.25, 0.3) is 0 Å². The maximum absolute atomic E-state index is 10.7. The number of carbonyl (C=O) groups is 1. The molecular weight excluding hydrogens is 152 g/mol. The van der Waals surface area contributed by atoms with Crippen LogP contribution < -0.4 is 0 Å². The molecule has 0 radical (unpaired) electrons. The molecule has 0 saturated carbocycles. The maximum Gasteiger partial charge on any atom is 0.126 e. The van der Waals surface area contributed by atoms with E-state index in [-0.39, 0.29) is 12.0 Å². The number of hydrogen-bond donors (Lipinski definition) is 0. The van der Waals surface area contributed by atoms with Gasteiger partial charge in [-0.1, -0.05) is 6.08 Å². The van der Waals surface area contributed by atoms with Gasteiger partial charge in [0.1, 0.15) is 6.29 Å². The van der Waals surface area contributed by atoms with Gasteiger partial charge in [-0.05, 0) is 31.3 Å². The highest BCUT2D eigenvalue weighted by Crippen LogP contribution is 2.31. The Balaban J connectivity index is 2.15. The van der Waals surface area contributed by atoms with Crippen molar-refractivity contribution in [1.82, 2.24) is 0 Å². The van der Waals surface area contributed by atoms with E-state index >= 15 is 0 Å². The SMILES string of the molecule is O=C[C@@H]1CCC=C2CCCO[C@@H]21. The van der Waals surface area contributed by atoms with Gasteiger partial charge in [-0.25, -0.2) is 0 Å². The minimum absolute atomic E-state index is 0.130. The second kappa shape index (κ2) is 3.40. The molecule has 1 fully saturated rings. The first-order chi connectivity index (χ1) is 5.92. The quantitative estimate of drug-likeness (QED) is 0.438. The molecular formula is C10H14O2. The second-order valence-corrected chi connectivity index (χ2v) is 3.55. The van der Waals surface area contributed by atoms with E-state index in [1.54, 1.807) is 0 Å². The van der Waals surface area contributed by atoms with Crippen molar-refractivity contribution in [2.24, 2.45) is 5.92 Å². The Labute approximate surface area is 72.6 Å². The highest BCUT2D eigenvalue weighted by Gasteiger charge is 2.30. The van der Waals surface area contributed by atoms with Crippen LogP contribution in [0.4, 0.5) is 0 Å². The summed E-state index contributed by atoms with van der Waals surface area (Å²) in [6.45, 7) is 0.826. The number of carbonyl (C=O) groups excluding carboxylic acids is 1. The summed E-state index contributed by atoms with van der Waals surface area (Å²) < 4.78 is 5.59. The van der Waals surface area contributed by atoms with Gasteiger partial charge in [0.2, 0.25) is 0 Å². The lowest BCUT2D eigenvalue weighted by Crippen LogP contribution is -2.33. The Bertz CT molecular complexity index is 208. The lowest BCUT2D eigenvalue weighted by atomic mass is 9.83. The highest BCUT2D eigenvalue weighted by atomic mass is 16.5. The molecule has 12 heavy (non-hydrogen) atoms. The molecule has 1 heterocycles. The molecule has 0 bridgehead atoms. The van der Waals surface area contributed by atoms with Gasteiger partial charge in [-0.15, -0.1) is 0 Å². The molecule has 0 aromatic carbocycles. The van der Waals surface area contributed by atoms with Gasteiger partial charge in [-0.2, -0.15) is 0 Å². The Morgan fingerprint density at radius 1 is 1.58 bits per heavy atom. The minimum Gasteiger partial charge on any atom is -0.373 e. The van der Waals surface area contributed by atoms with Crippen LogP contribution in [-0.2, 0) is 9.53 Å². The molecule has 2 nitrogen and oxygen atoms in total. The van der Waals surface area contributed by atoms with Crippen LogP contribution in [-0.4, -0.2) is 19.0 Å². The van der Waals surface area contributed by atoms with Gasteiger partial charge in [-0.3, -0.25) is 0 Å². The first-order valence-corrected chi connectivity index (χ1v) is 4.67. The molecule has 2 aliphatic rings. The van der Waals surface area contributed by atoms with Crippen molar-refractivity contribution in [3.05, 3.63) is 11.6 Å². The smallest absolute Gasteiger partial charge is 0.126 e. The first-order valence-electron chi connectivity index (χ1n) is 4.67. The molecule has 0 aromatic heterocycles. The second-order valence-electron chi connectivity index (χ2n) is 3.55. The summed E-state index contributed by atoms with van der Waals surface area (Å²) >= 11 is 0. The number of rotatable bonds is 1. The molecule has 0 aromatic rings. The van der Waals surface area contributed by atoms with E-state index in [1.807, 2.05) is 0 Å². The molecule has 2 heteroatoms. The average Bonchev–Trinajstić information content (AvgIpc) is 2.17. The van der Waals surface area contributed by atoms with Crippen LogP contribution in [0.5, 0.6) is 0 Å². The van der Waals surface area contributed by atoms with Crippen molar-refractivity contribution in [1.29, 1.82) is 0 Å². The van der Waals surface area contributed by atoms with E-state index in [0.29, 0.717) is 0 Å². The molecule has 0 spiro atoms. The molecule has 1 aliphatic heterocycles. The summed E-state index contributed by atoms with van der Waals surface area (Å²) in [5.41, 5.74) is 1.37. The van der Waals surface area contributed by atoms with Crippen LogP contribution >= 0.6 is 0 Å². The van der Waals surface area contributed by atoms with E-state index < -0.39 is 0 Å². The maximum atomic E-state index is 10.7. The molecule has 0 amide bonds. The fourth-order valence-electron chi connectivity index (χ4n) is 2.10. The van der Waals surface area contributed by atoms with Gasteiger partial charge in [0, 0.05) is 12.5 Å². The Kier molecular flexibility index (Phi) is 2.26. The Morgan fingerprint density at radius 2 is 2.50 bits per heavy atom. The van der Waals surface area contributed by atoms with Crippen LogP contribution in [0.3, 0.4) is 0 Å². The number of hydrogen-bond acceptors (Lipinski definition) is 2. The van der Waals surface area contributed by atoms with Crippen molar-refractivity contribution in [3.8, 4) is 0 Å². The number of aldehydes is 1. The third kappa shape index (κ3) is 1.31. The third-order valence-corrected chi connectivity index (χ3v) is 2.74. The topological polar surface area (TPSA) is 26.3 Å². The fraction of sp³-hybridized carbons (Fsp3) is 0.700. The number of fused-ring (bicyclic) bond motifs is 1. The Hall–Kier alpha value is -0.630. The standard InChI is InChI=1S/C10H14O2/c11-7-9-4-1-3-8-5-2-6-12-10(8)9/h3,7,9-10H,1-2,4-6H2/t9-,10-/m0/s1. The molecule has 1 aliphatic carbocycles. The first kappa shape index (κ1) is 7.99.